The van der Waals surface area contributed by atoms with Crippen LogP contribution in [0.2, 0.25) is 5.04 Å². The van der Waals surface area contributed by atoms with Crippen LogP contribution in [0.15, 0.2) is 102 Å². The molecule has 4 rings (SSSR count). The van der Waals surface area contributed by atoms with Crippen molar-refractivity contribution in [2.75, 3.05) is 6.61 Å². The molecule has 0 saturated heterocycles. The molecule has 244 valence electrons. The van der Waals surface area contributed by atoms with E-state index in [4.69, 9.17) is 4.43 Å². The lowest BCUT2D eigenvalue weighted by molar-refractivity contribution is 0.0109. The van der Waals surface area contributed by atoms with Crippen molar-refractivity contribution in [2.24, 2.45) is 5.92 Å². The number of aliphatic hydroxyl groups is 1. The third-order valence-electron chi connectivity index (χ3n) is 9.70. The molecule has 1 saturated carbocycles. The molecule has 0 radical (unpaired) electrons. The zero-order valence-electron chi connectivity index (χ0n) is 27.9. The van der Waals surface area contributed by atoms with E-state index in [9.17, 15) is 13.5 Å². The maximum Gasteiger partial charge on any atom is 0.261 e. The highest BCUT2D eigenvalue weighted by atomic mass is 32.2. The van der Waals surface area contributed by atoms with Crippen molar-refractivity contribution in [3.8, 4) is 0 Å². The number of nitrogens with one attached hydrogen (secondary N) is 1. The van der Waals surface area contributed by atoms with E-state index in [1.54, 1.807) is 12.1 Å². The molecule has 7 heteroatoms. The molecule has 45 heavy (non-hydrogen) atoms. The molecule has 0 aliphatic heterocycles. The predicted molar refractivity (Wildman–Crippen MR) is 189 cm³/mol. The first-order chi connectivity index (χ1) is 21.4. The van der Waals surface area contributed by atoms with Gasteiger partial charge in [-0.2, -0.15) is 0 Å². The van der Waals surface area contributed by atoms with Gasteiger partial charge in [-0.25, -0.2) is 13.1 Å². The van der Waals surface area contributed by atoms with Crippen LogP contribution in [0.5, 0.6) is 0 Å². The molecule has 0 heterocycles. The summed E-state index contributed by atoms with van der Waals surface area (Å²) in [5, 5.41) is 12.1. The predicted octanol–water partition coefficient (Wildman–Crippen LogP) is 7.28. The molecule has 3 aromatic rings. The first kappa shape index (κ1) is 35.3. The number of benzene rings is 3. The molecule has 0 unspecified atom stereocenters. The average molecular weight is 648 g/mol. The minimum atomic E-state index is -3.83. The summed E-state index contributed by atoms with van der Waals surface area (Å²) in [5.41, 5.74) is 0.985. The third-order valence-corrected chi connectivity index (χ3v) is 16.3. The Morgan fingerprint density at radius 3 is 2.09 bits per heavy atom. The third kappa shape index (κ3) is 7.88. The number of aryl methyl sites for hydroxylation is 1. The van der Waals surface area contributed by atoms with Crippen molar-refractivity contribution < 1.29 is 18.0 Å². The van der Waals surface area contributed by atoms with E-state index in [0.29, 0.717) is 24.8 Å². The maximum absolute atomic E-state index is 14.1. The van der Waals surface area contributed by atoms with Gasteiger partial charge in [0.1, 0.15) is 0 Å². The molecule has 1 fully saturated rings. The van der Waals surface area contributed by atoms with Gasteiger partial charge in [-0.05, 0) is 73.0 Å². The van der Waals surface area contributed by atoms with E-state index in [1.807, 2.05) is 19.1 Å². The van der Waals surface area contributed by atoms with Crippen LogP contribution < -0.4 is 15.1 Å². The molecular weight excluding hydrogens is 595 g/mol. The Balaban J connectivity index is 1.87. The molecule has 0 bridgehead atoms. The Labute approximate surface area is 273 Å². The van der Waals surface area contributed by atoms with Crippen LogP contribution in [0.25, 0.3) is 0 Å². The fourth-order valence-electron chi connectivity index (χ4n) is 7.32. The first-order valence-electron chi connectivity index (χ1n) is 16.6. The number of rotatable bonds is 14. The molecule has 5 nitrogen and oxygen atoms in total. The van der Waals surface area contributed by atoms with E-state index in [1.165, 1.54) is 10.4 Å². The fraction of sp³-hybridized carbons (Fsp3) is 0.474. The highest BCUT2D eigenvalue weighted by molar-refractivity contribution is 7.89. The van der Waals surface area contributed by atoms with Gasteiger partial charge in [0, 0.05) is 11.5 Å². The van der Waals surface area contributed by atoms with Gasteiger partial charge in [-0.1, -0.05) is 131 Å². The molecule has 3 atom stereocenters. The van der Waals surface area contributed by atoms with Gasteiger partial charge < -0.3 is 9.53 Å². The van der Waals surface area contributed by atoms with Gasteiger partial charge in [0.25, 0.3) is 8.32 Å². The second-order valence-corrected chi connectivity index (χ2v) is 19.9. The van der Waals surface area contributed by atoms with Gasteiger partial charge >= 0.3 is 0 Å². The van der Waals surface area contributed by atoms with Crippen molar-refractivity contribution in [1.29, 1.82) is 0 Å². The van der Waals surface area contributed by atoms with E-state index in [-0.39, 0.29) is 28.6 Å². The Morgan fingerprint density at radius 2 is 1.58 bits per heavy atom. The van der Waals surface area contributed by atoms with Crippen molar-refractivity contribution in [3.05, 3.63) is 103 Å². The van der Waals surface area contributed by atoms with E-state index in [0.717, 1.165) is 37.7 Å². The summed E-state index contributed by atoms with van der Waals surface area (Å²) in [6, 6.07) is 28.5. The van der Waals surface area contributed by atoms with Crippen molar-refractivity contribution in [3.63, 3.8) is 0 Å². The standard InChI is InChI=1S/C38H53NO4SSi/c1-7-8-20-35-36(43-45(37(4,5)6,33-16-11-9-12-17-33)34-18-13-10-14-19-34)21-15-27-38(35,28-26-31(3)29-40)39-44(41,42)32-24-22-30(2)23-25-32/h9-14,16-19,22-25,35-36,39-40H,3,7-8,15,20-21,26-29H2,1-2,4-6H3/t35-,36+,38+/m1/s1. The van der Waals surface area contributed by atoms with Crippen molar-refractivity contribution >= 4 is 28.7 Å². The SMILES string of the molecule is C=C(CO)CC[C@@]1(NS(=O)(=O)c2ccc(C)cc2)CCC[C@H](O[Si](c2ccccc2)(c2ccccc2)C(C)(C)C)[C@H]1CCCC. The Kier molecular flexibility index (Phi) is 11.7. The van der Waals surface area contributed by atoms with Gasteiger partial charge in [0.05, 0.1) is 17.6 Å². The van der Waals surface area contributed by atoms with Crippen molar-refractivity contribution in [2.45, 2.75) is 108 Å². The van der Waals surface area contributed by atoms with Crippen LogP contribution in [0.3, 0.4) is 0 Å². The second-order valence-electron chi connectivity index (χ2n) is 13.9. The Morgan fingerprint density at radius 1 is 1.00 bits per heavy atom. The van der Waals surface area contributed by atoms with Gasteiger partial charge in [0.15, 0.2) is 0 Å². The largest absolute Gasteiger partial charge is 0.404 e. The smallest absolute Gasteiger partial charge is 0.261 e. The summed E-state index contributed by atoms with van der Waals surface area (Å²) >= 11 is 0. The van der Waals surface area contributed by atoms with Crippen LogP contribution in [-0.2, 0) is 14.4 Å². The van der Waals surface area contributed by atoms with Crippen LogP contribution in [0, 0.1) is 12.8 Å². The highest BCUT2D eigenvalue weighted by Gasteiger charge is 2.55. The highest BCUT2D eigenvalue weighted by Crippen LogP contribution is 2.46. The maximum atomic E-state index is 14.1. The lowest BCUT2D eigenvalue weighted by atomic mass is 9.67. The molecule has 0 spiro atoms. The number of aliphatic hydroxyl groups excluding tert-OH is 1. The fourth-order valence-corrected chi connectivity index (χ4v) is 13.6. The molecule has 1 aliphatic rings. The lowest BCUT2D eigenvalue weighted by Gasteiger charge is -2.53. The molecule has 0 amide bonds. The number of hydrogen-bond donors (Lipinski definition) is 2. The minimum absolute atomic E-state index is 0.0560. The summed E-state index contributed by atoms with van der Waals surface area (Å²) in [4.78, 5) is 0.276. The first-order valence-corrected chi connectivity index (χ1v) is 19.9. The topological polar surface area (TPSA) is 75.6 Å². The average Bonchev–Trinajstić information content (AvgIpc) is 3.02. The Hall–Kier alpha value is -2.55. The van der Waals surface area contributed by atoms with Gasteiger partial charge in [-0.3, -0.25) is 0 Å². The van der Waals surface area contributed by atoms with Crippen LogP contribution in [0.4, 0.5) is 0 Å². The van der Waals surface area contributed by atoms with Crippen LogP contribution in [0.1, 0.15) is 84.6 Å². The number of unbranched alkanes of at least 4 members (excludes halogenated alkanes) is 1. The zero-order chi connectivity index (χ0) is 32.7. The molecule has 2 N–H and O–H groups in total. The quantitative estimate of drug-likeness (QED) is 0.143. The molecule has 1 aliphatic carbocycles. The van der Waals surface area contributed by atoms with Gasteiger partial charge in [-0.15, -0.1) is 0 Å². The minimum Gasteiger partial charge on any atom is -0.404 e. The Bertz CT molecular complexity index is 1450. The summed E-state index contributed by atoms with van der Waals surface area (Å²) in [6.07, 6.45) is 6.20. The normalized spacial score (nSPS) is 21.0. The zero-order valence-corrected chi connectivity index (χ0v) is 29.7. The van der Waals surface area contributed by atoms with E-state index < -0.39 is 23.9 Å². The molecule has 3 aromatic carbocycles. The lowest BCUT2D eigenvalue weighted by Crippen LogP contribution is -2.70. The molecule has 0 aromatic heterocycles. The second kappa shape index (κ2) is 14.9. The summed E-state index contributed by atoms with van der Waals surface area (Å²) in [5.74, 6) is -0.0560. The monoisotopic (exact) mass is 647 g/mol. The number of sulfonamides is 1. The summed E-state index contributed by atoms with van der Waals surface area (Å²) < 4.78 is 39.3. The molecular formula is C38H53NO4SSi. The number of hydrogen-bond acceptors (Lipinski definition) is 4. The van der Waals surface area contributed by atoms with E-state index in [2.05, 4.69) is 99.7 Å². The summed E-state index contributed by atoms with van der Waals surface area (Å²) in [7, 11) is -6.73. The van der Waals surface area contributed by atoms with E-state index >= 15 is 0 Å². The van der Waals surface area contributed by atoms with Crippen LogP contribution >= 0.6 is 0 Å². The van der Waals surface area contributed by atoms with Crippen molar-refractivity contribution in [1.82, 2.24) is 4.72 Å². The van der Waals surface area contributed by atoms with Gasteiger partial charge in [0.2, 0.25) is 10.0 Å². The van der Waals surface area contributed by atoms with Crippen LogP contribution in [-0.4, -0.2) is 40.1 Å². The summed E-state index contributed by atoms with van der Waals surface area (Å²) in [6.45, 7) is 15.0.